The van der Waals surface area contributed by atoms with E-state index in [-0.39, 0.29) is 12.0 Å². The molecule has 0 radical (unpaired) electrons. The number of allylic oxidation sites excluding steroid dienone is 1. The van der Waals surface area contributed by atoms with Crippen molar-refractivity contribution in [3.05, 3.63) is 58.9 Å². The number of para-hydroxylation sites is 1. The number of aromatic nitrogens is 1. The van der Waals surface area contributed by atoms with Crippen molar-refractivity contribution in [1.29, 1.82) is 0 Å². The van der Waals surface area contributed by atoms with E-state index in [0.29, 0.717) is 5.92 Å². The number of carbonyl (C=O) groups excluding carboxylic acids is 1. The van der Waals surface area contributed by atoms with E-state index >= 15 is 0 Å². The van der Waals surface area contributed by atoms with Gasteiger partial charge in [-0.3, -0.25) is 9.79 Å². The minimum Gasteiger partial charge on any atom is -0.346 e. The maximum atomic E-state index is 12.1. The quantitative estimate of drug-likeness (QED) is 0.245. The summed E-state index contributed by atoms with van der Waals surface area (Å²) in [6.45, 7) is 11.4. The van der Waals surface area contributed by atoms with Crippen LogP contribution in [0.3, 0.4) is 0 Å². The van der Waals surface area contributed by atoms with Gasteiger partial charge < -0.3 is 9.47 Å². The predicted octanol–water partition coefficient (Wildman–Crippen LogP) is 5.52. The number of ketones is 1. The standard InChI is InChI=1S/C27H34BrN5O2/c1-4-29-13-10-19(2)26-30-27(35-31-26)21-11-16-32(17-12-21)14-5-6-15-33-18-23(20(3)34)22-8-7-9-24(28)25(22)33/h4,7-10,13,18,21,27H,1,5-6,11-12,14-17H2,2-3H3,(H,30,31)/b19-10+,29-13?. The predicted molar refractivity (Wildman–Crippen MR) is 146 cm³/mol. The van der Waals surface area contributed by atoms with Gasteiger partial charge in [0.1, 0.15) is 0 Å². The summed E-state index contributed by atoms with van der Waals surface area (Å²) >= 11 is 3.66. The molecule has 0 aliphatic carbocycles. The first-order valence-corrected chi connectivity index (χ1v) is 13.1. The number of nitrogens with one attached hydrogen (secondary N) is 1. The fourth-order valence-electron chi connectivity index (χ4n) is 4.83. The summed E-state index contributed by atoms with van der Waals surface area (Å²) in [5.41, 5.74) is 5.88. The fraction of sp³-hybridized carbons (Fsp3) is 0.444. The lowest BCUT2D eigenvalue weighted by Crippen LogP contribution is -2.38. The minimum atomic E-state index is -0.122. The molecule has 1 unspecified atom stereocenters. The number of Topliss-reactive ketones (excluding diaryl/α,β-unsaturated/α-hetero) is 1. The molecule has 1 saturated heterocycles. The highest BCUT2D eigenvalue weighted by Gasteiger charge is 2.31. The summed E-state index contributed by atoms with van der Waals surface area (Å²) in [4.78, 5) is 29.1. The van der Waals surface area contributed by atoms with E-state index in [9.17, 15) is 4.79 Å². The number of halogens is 1. The number of fused-ring (bicyclic) bond motifs is 1. The molecule has 2 aliphatic heterocycles. The van der Waals surface area contributed by atoms with Crippen LogP contribution in [-0.2, 0) is 11.4 Å². The van der Waals surface area contributed by atoms with Gasteiger partial charge in [0.15, 0.2) is 17.8 Å². The number of hydrogen-bond acceptors (Lipinski definition) is 6. The molecule has 0 saturated carbocycles. The average Bonchev–Trinajstić information content (AvgIpc) is 3.49. The Kier molecular flexibility index (Phi) is 8.70. The number of unbranched alkanes of at least 4 members (excludes halogenated alkanes) is 1. The number of benzene rings is 1. The molecule has 1 fully saturated rings. The molecule has 4 rings (SSSR count). The molecule has 35 heavy (non-hydrogen) atoms. The lowest BCUT2D eigenvalue weighted by molar-refractivity contribution is -0.0179. The lowest BCUT2D eigenvalue weighted by Gasteiger charge is -2.33. The van der Waals surface area contributed by atoms with Crippen molar-refractivity contribution >= 4 is 44.7 Å². The van der Waals surface area contributed by atoms with Gasteiger partial charge in [-0.1, -0.05) is 18.7 Å². The van der Waals surface area contributed by atoms with Gasteiger partial charge in [0.2, 0.25) is 0 Å². The van der Waals surface area contributed by atoms with Gasteiger partial charge in [0.25, 0.3) is 0 Å². The highest BCUT2D eigenvalue weighted by molar-refractivity contribution is 9.10. The number of hydrogen-bond donors (Lipinski definition) is 1. The van der Waals surface area contributed by atoms with E-state index in [2.05, 4.69) is 42.4 Å². The fourth-order valence-corrected chi connectivity index (χ4v) is 5.42. The van der Waals surface area contributed by atoms with Crippen molar-refractivity contribution in [3.8, 4) is 0 Å². The highest BCUT2D eigenvalue weighted by atomic mass is 79.9. The molecular formula is C27H34BrN5O2. The largest absolute Gasteiger partial charge is 0.346 e. The van der Waals surface area contributed by atoms with Crippen LogP contribution < -0.4 is 5.48 Å². The van der Waals surface area contributed by atoms with E-state index in [4.69, 9.17) is 9.83 Å². The molecule has 1 N–H and O–H groups in total. The van der Waals surface area contributed by atoms with Crippen LogP contribution in [-0.4, -0.2) is 53.2 Å². The number of aliphatic imine (C=N–C) groups is 2. The molecule has 0 spiro atoms. The minimum absolute atomic E-state index is 0.111. The van der Waals surface area contributed by atoms with E-state index < -0.39 is 0 Å². The number of nitrogens with zero attached hydrogens (tertiary/aromatic N) is 4. The number of rotatable bonds is 10. The van der Waals surface area contributed by atoms with Gasteiger partial charge in [-0.15, -0.1) is 0 Å². The smallest absolute Gasteiger partial charge is 0.180 e. The zero-order chi connectivity index (χ0) is 24.8. The Morgan fingerprint density at radius 1 is 1.29 bits per heavy atom. The number of aryl methyl sites for hydroxylation is 1. The van der Waals surface area contributed by atoms with Gasteiger partial charge in [0, 0.05) is 46.5 Å². The van der Waals surface area contributed by atoms with Crippen molar-refractivity contribution in [3.63, 3.8) is 0 Å². The maximum absolute atomic E-state index is 12.1. The topological polar surface area (TPSA) is 71.2 Å². The second-order valence-corrected chi connectivity index (χ2v) is 10.1. The number of likely N-dealkylation sites (tertiary alicyclic amines) is 1. The van der Waals surface area contributed by atoms with Gasteiger partial charge in [-0.05, 0) is 92.8 Å². The van der Waals surface area contributed by atoms with E-state index in [1.807, 2.05) is 37.4 Å². The third kappa shape index (κ3) is 6.18. The van der Waals surface area contributed by atoms with Gasteiger partial charge in [-0.25, -0.2) is 15.3 Å². The number of amidine groups is 1. The first-order valence-electron chi connectivity index (χ1n) is 12.3. The Morgan fingerprint density at radius 2 is 2.06 bits per heavy atom. The van der Waals surface area contributed by atoms with E-state index in [0.717, 1.165) is 84.2 Å². The Labute approximate surface area is 215 Å². The molecule has 2 aliphatic rings. The monoisotopic (exact) mass is 539 g/mol. The zero-order valence-corrected chi connectivity index (χ0v) is 22.1. The van der Waals surface area contributed by atoms with E-state index in [1.165, 1.54) is 6.20 Å². The summed E-state index contributed by atoms with van der Waals surface area (Å²) < 4.78 is 3.26. The summed E-state index contributed by atoms with van der Waals surface area (Å²) in [5.74, 6) is 1.32. The molecule has 1 aromatic heterocycles. The van der Waals surface area contributed by atoms with Crippen LogP contribution in [0.2, 0.25) is 0 Å². The normalized spacial score (nSPS) is 19.9. The molecule has 0 bridgehead atoms. The second-order valence-electron chi connectivity index (χ2n) is 9.23. The van der Waals surface area contributed by atoms with Crippen LogP contribution in [0, 0.1) is 5.92 Å². The third-order valence-electron chi connectivity index (χ3n) is 6.81. The molecule has 7 nitrogen and oxygen atoms in total. The summed E-state index contributed by atoms with van der Waals surface area (Å²) in [7, 11) is 0. The van der Waals surface area contributed by atoms with Crippen molar-refractivity contribution in [2.45, 2.75) is 52.3 Å². The Hall–Kier alpha value is -2.55. The molecular weight excluding hydrogens is 506 g/mol. The molecule has 3 heterocycles. The van der Waals surface area contributed by atoms with Crippen LogP contribution in [0.15, 0.2) is 63.3 Å². The Balaban J connectivity index is 1.23. The SMILES string of the molecule is C=CN=C/C=C(\C)C1=NC(C2CCN(CCCCn3cc(C(C)=O)c4cccc(Br)c43)CC2)ON1. The molecule has 0 amide bonds. The van der Waals surface area contributed by atoms with Gasteiger partial charge in [0.05, 0.1) is 5.52 Å². The van der Waals surface area contributed by atoms with Crippen LogP contribution in [0.1, 0.15) is 49.9 Å². The Bertz CT molecular complexity index is 1160. The number of hydroxylamine groups is 1. The zero-order valence-electron chi connectivity index (χ0n) is 20.5. The van der Waals surface area contributed by atoms with Crippen molar-refractivity contribution in [2.75, 3.05) is 19.6 Å². The van der Waals surface area contributed by atoms with Crippen molar-refractivity contribution in [2.24, 2.45) is 15.9 Å². The van der Waals surface area contributed by atoms with E-state index in [1.54, 1.807) is 13.1 Å². The summed E-state index contributed by atoms with van der Waals surface area (Å²) in [6.07, 6.45) is 11.4. The van der Waals surface area contributed by atoms with Gasteiger partial charge in [-0.2, -0.15) is 0 Å². The highest BCUT2D eigenvalue weighted by Crippen LogP contribution is 2.29. The summed E-state index contributed by atoms with van der Waals surface area (Å²) in [5, 5.41) is 1.03. The molecule has 1 atom stereocenters. The summed E-state index contributed by atoms with van der Waals surface area (Å²) in [6, 6.07) is 6.06. The van der Waals surface area contributed by atoms with Crippen molar-refractivity contribution in [1.82, 2.24) is 14.9 Å². The molecule has 8 heteroatoms. The van der Waals surface area contributed by atoms with Crippen LogP contribution in [0.4, 0.5) is 0 Å². The molecule has 1 aromatic carbocycles. The first-order chi connectivity index (χ1) is 17.0. The second kappa shape index (κ2) is 11.9. The van der Waals surface area contributed by atoms with Gasteiger partial charge >= 0.3 is 0 Å². The molecule has 2 aromatic rings. The van der Waals surface area contributed by atoms with Crippen LogP contribution >= 0.6 is 15.9 Å². The van der Waals surface area contributed by atoms with Crippen LogP contribution in [0.5, 0.6) is 0 Å². The van der Waals surface area contributed by atoms with Crippen LogP contribution in [0.25, 0.3) is 10.9 Å². The van der Waals surface area contributed by atoms with Crippen molar-refractivity contribution < 1.29 is 9.63 Å². The third-order valence-corrected chi connectivity index (χ3v) is 7.45. The Morgan fingerprint density at radius 3 is 2.80 bits per heavy atom. The average molecular weight is 541 g/mol. The lowest BCUT2D eigenvalue weighted by atomic mass is 9.95. The first kappa shape index (κ1) is 25.5. The molecule has 186 valence electrons. The maximum Gasteiger partial charge on any atom is 0.180 e. The number of carbonyl (C=O) groups is 1. The number of piperidine rings is 1.